The molecule has 3 heteroatoms. The first kappa shape index (κ1) is 28.1. The largest absolute Gasteiger partial charge is 0.272 e. The van der Waals surface area contributed by atoms with Crippen LogP contribution in [0.5, 0.6) is 0 Å². The average Bonchev–Trinajstić information content (AvgIpc) is 2.88. The van der Waals surface area contributed by atoms with E-state index in [0.29, 0.717) is 0 Å². The van der Waals surface area contributed by atoms with Crippen molar-refractivity contribution in [3.8, 4) is 0 Å². The van der Waals surface area contributed by atoms with E-state index < -0.39 is 7.05 Å². The van der Waals surface area contributed by atoms with Crippen LogP contribution < -0.4 is 0 Å². The van der Waals surface area contributed by atoms with Crippen LogP contribution in [0.25, 0.3) is 0 Å². The second-order valence-corrected chi connectivity index (χ2v) is 12.3. The predicted octanol–water partition coefficient (Wildman–Crippen LogP) is 8.14. The van der Waals surface area contributed by atoms with Crippen LogP contribution in [0.15, 0.2) is 53.0 Å². The molecule has 0 aliphatic heterocycles. The van der Waals surface area contributed by atoms with Gasteiger partial charge in [-0.15, -0.1) is 0 Å². The first-order valence-corrected chi connectivity index (χ1v) is 12.0. The van der Waals surface area contributed by atoms with Crippen LogP contribution in [-0.4, -0.2) is 18.5 Å². The first-order chi connectivity index (χ1) is 11.5. The fourth-order valence-electron chi connectivity index (χ4n) is 3.17. The maximum atomic E-state index is 5.34. The standard InChI is InChI=1S/C17H32NP.C6H10.Ti/c1-14(2)11-19(12-15(3)4,13-16(5)6)18-17-9-7-8-10-17;1-5(2)6(3)4;/h7-9,14-16H,10-13H2,1-6H3;1,3H2,2,4H3;. The summed E-state index contributed by atoms with van der Waals surface area (Å²) in [5.74, 6) is 2.26. The number of hydrogen-bond acceptors (Lipinski definition) is 1. The summed E-state index contributed by atoms with van der Waals surface area (Å²) in [6.45, 7) is 25.3. The molecule has 0 radical (unpaired) electrons. The van der Waals surface area contributed by atoms with Gasteiger partial charge in [-0.3, -0.25) is 4.74 Å². The van der Waals surface area contributed by atoms with Crippen molar-refractivity contribution in [3.05, 3.63) is 48.2 Å². The Hall–Kier alpha value is -0.0957. The van der Waals surface area contributed by atoms with Gasteiger partial charge in [-0.2, -0.15) is 0 Å². The summed E-state index contributed by atoms with van der Waals surface area (Å²) in [6, 6.07) is 0. The molecule has 0 saturated carbocycles. The molecule has 0 saturated heterocycles. The van der Waals surface area contributed by atoms with Gasteiger partial charge in [0.15, 0.2) is 0 Å². The Kier molecular flexibility index (Phi) is 15.1. The summed E-state index contributed by atoms with van der Waals surface area (Å²) < 4.78 is 5.34. The van der Waals surface area contributed by atoms with Crippen molar-refractivity contribution in [3.63, 3.8) is 0 Å². The van der Waals surface area contributed by atoms with Gasteiger partial charge >= 0.3 is 0 Å². The van der Waals surface area contributed by atoms with E-state index in [0.717, 1.165) is 35.3 Å². The summed E-state index contributed by atoms with van der Waals surface area (Å²) in [7, 11) is -1.20. The van der Waals surface area contributed by atoms with Crippen LogP contribution in [0.3, 0.4) is 0 Å². The van der Waals surface area contributed by atoms with Gasteiger partial charge in [-0.25, -0.2) is 0 Å². The van der Waals surface area contributed by atoms with Gasteiger partial charge in [0.05, 0.1) is 0 Å². The molecule has 0 atom stereocenters. The molecule has 0 spiro atoms. The van der Waals surface area contributed by atoms with Crippen molar-refractivity contribution < 1.29 is 21.7 Å². The topological polar surface area (TPSA) is 12.4 Å². The van der Waals surface area contributed by atoms with Gasteiger partial charge in [0.2, 0.25) is 0 Å². The van der Waals surface area contributed by atoms with Gasteiger partial charge in [-0.1, -0.05) is 78.0 Å². The molecule has 26 heavy (non-hydrogen) atoms. The smallest absolute Gasteiger partial charge is 0.0425 e. The minimum atomic E-state index is -1.20. The molecule has 0 aromatic carbocycles. The predicted molar refractivity (Wildman–Crippen MR) is 120 cm³/mol. The van der Waals surface area contributed by atoms with E-state index >= 15 is 0 Å². The summed E-state index contributed by atoms with van der Waals surface area (Å²) in [5.41, 5.74) is 3.46. The molecule has 0 aromatic rings. The van der Waals surface area contributed by atoms with Crippen LogP contribution in [0, 0.1) is 17.8 Å². The van der Waals surface area contributed by atoms with Crippen molar-refractivity contribution in [2.24, 2.45) is 22.5 Å². The Labute approximate surface area is 179 Å². The minimum Gasteiger partial charge on any atom is -0.272 e. The number of rotatable bonds is 8. The molecule has 0 N–H and O–H groups in total. The van der Waals surface area contributed by atoms with Crippen LogP contribution in [0.1, 0.15) is 61.8 Å². The van der Waals surface area contributed by atoms with E-state index in [-0.39, 0.29) is 21.7 Å². The Balaban J connectivity index is 0. The molecule has 148 valence electrons. The maximum absolute atomic E-state index is 5.34. The van der Waals surface area contributed by atoms with Crippen molar-refractivity contribution in [2.75, 3.05) is 18.5 Å². The van der Waals surface area contributed by atoms with E-state index in [1.807, 2.05) is 13.8 Å². The molecule has 1 aliphatic rings. The molecule has 1 nitrogen and oxygen atoms in total. The van der Waals surface area contributed by atoms with Crippen molar-refractivity contribution >= 4 is 7.05 Å². The second-order valence-electron chi connectivity index (χ2n) is 8.78. The second kappa shape index (κ2) is 14.0. The summed E-state index contributed by atoms with van der Waals surface area (Å²) in [5, 5.41) is 0. The molecule has 0 heterocycles. The van der Waals surface area contributed by atoms with Gasteiger partial charge < -0.3 is 0 Å². The van der Waals surface area contributed by atoms with E-state index in [9.17, 15) is 0 Å². The molecule has 0 fully saturated rings. The summed E-state index contributed by atoms with van der Waals surface area (Å²) >= 11 is 0. The van der Waals surface area contributed by atoms with Crippen LogP contribution in [-0.2, 0) is 21.7 Å². The SMILES string of the molecule is C=C(C)C(=C)C.CC(C)CP(CC(C)C)(CC(C)C)=NC1=CC=CC1.[Ti]. The zero-order chi connectivity index (χ0) is 19.6. The average molecular weight is 411 g/mol. The normalized spacial score (nSPS) is 13.3. The molecule has 1 rings (SSSR count). The zero-order valence-electron chi connectivity index (χ0n) is 18.6. The van der Waals surface area contributed by atoms with E-state index in [1.165, 1.54) is 24.2 Å². The van der Waals surface area contributed by atoms with Gasteiger partial charge in [0, 0.05) is 33.8 Å². The van der Waals surface area contributed by atoms with Gasteiger partial charge in [0.1, 0.15) is 0 Å². The molecule has 0 amide bonds. The van der Waals surface area contributed by atoms with Crippen LogP contribution >= 0.6 is 7.05 Å². The third kappa shape index (κ3) is 13.1. The van der Waals surface area contributed by atoms with Crippen molar-refractivity contribution in [1.29, 1.82) is 0 Å². The van der Waals surface area contributed by atoms with Gasteiger partial charge in [0.25, 0.3) is 0 Å². The molecule has 1 aliphatic carbocycles. The minimum absolute atomic E-state index is 0. The number of nitrogens with zero attached hydrogens (tertiary/aromatic N) is 1. The Morgan fingerprint density at radius 1 is 0.923 bits per heavy atom. The maximum Gasteiger partial charge on any atom is 0.0425 e. The fourth-order valence-corrected chi connectivity index (χ4v) is 8.63. The quantitative estimate of drug-likeness (QED) is 0.217. The fraction of sp³-hybridized carbons (Fsp3) is 0.652. The molecule has 0 unspecified atom stereocenters. The number of hydrogen-bond donors (Lipinski definition) is 0. The third-order valence-corrected chi connectivity index (χ3v) is 8.85. The Morgan fingerprint density at radius 3 is 1.54 bits per heavy atom. The molecular weight excluding hydrogens is 369 g/mol. The molecule has 0 bridgehead atoms. The van der Waals surface area contributed by atoms with Crippen LogP contribution in [0.4, 0.5) is 0 Å². The zero-order valence-corrected chi connectivity index (χ0v) is 21.1. The van der Waals surface area contributed by atoms with Crippen LogP contribution in [0.2, 0.25) is 0 Å². The first-order valence-electron chi connectivity index (χ1n) is 9.74. The summed E-state index contributed by atoms with van der Waals surface area (Å²) in [4.78, 5) is 0. The van der Waals surface area contributed by atoms with E-state index in [2.05, 4.69) is 72.9 Å². The molecular formula is C23H42NPTi. The van der Waals surface area contributed by atoms with E-state index in [4.69, 9.17) is 4.74 Å². The summed E-state index contributed by atoms with van der Waals surface area (Å²) in [6.07, 6.45) is 11.6. The van der Waals surface area contributed by atoms with E-state index in [1.54, 1.807) is 0 Å². The van der Waals surface area contributed by atoms with Crippen molar-refractivity contribution in [1.82, 2.24) is 0 Å². The number of allylic oxidation sites excluding steroid dienone is 5. The van der Waals surface area contributed by atoms with Crippen molar-refractivity contribution in [2.45, 2.75) is 61.8 Å². The monoisotopic (exact) mass is 411 g/mol. The molecule has 0 aromatic heterocycles. The Morgan fingerprint density at radius 2 is 1.31 bits per heavy atom. The Bertz CT molecular complexity index is 505. The third-order valence-electron chi connectivity index (χ3n) is 3.94. The van der Waals surface area contributed by atoms with Gasteiger partial charge in [-0.05, 0) is 63.2 Å².